The average Bonchev–Trinajstić information content (AvgIpc) is 3.31. The standard InChI is InChI=1S/C17H14BrF/c18-17(19)15(11-12-15)16(17,13-7-3-1-4-8-13)14-9-5-2-6-10-14/h1-10H,11-12H2. The topological polar surface area (TPSA) is 0 Å². The van der Waals surface area contributed by atoms with Gasteiger partial charge in [-0.15, -0.1) is 0 Å². The van der Waals surface area contributed by atoms with Crippen molar-refractivity contribution < 1.29 is 4.39 Å². The highest BCUT2D eigenvalue weighted by molar-refractivity contribution is 9.10. The summed E-state index contributed by atoms with van der Waals surface area (Å²) in [6.45, 7) is 0. The van der Waals surface area contributed by atoms with Gasteiger partial charge in [0.05, 0.1) is 5.41 Å². The molecular weight excluding hydrogens is 303 g/mol. The van der Waals surface area contributed by atoms with Gasteiger partial charge in [0, 0.05) is 5.41 Å². The van der Waals surface area contributed by atoms with Gasteiger partial charge in [-0.05, 0) is 39.9 Å². The summed E-state index contributed by atoms with van der Waals surface area (Å²) in [5, 5.41) is 0. The normalized spacial score (nSPS) is 29.2. The molecule has 19 heavy (non-hydrogen) atoms. The van der Waals surface area contributed by atoms with Crippen molar-refractivity contribution in [2.45, 2.75) is 22.8 Å². The summed E-state index contributed by atoms with van der Waals surface area (Å²) in [5.41, 5.74) is 1.42. The monoisotopic (exact) mass is 316 g/mol. The van der Waals surface area contributed by atoms with Crippen molar-refractivity contribution in [3.8, 4) is 0 Å². The highest BCUT2D eigenvalue weighted by Crippen LogP contribution is 2.90. The van der Waals surface area contributed by atoms with Crippen LogP contribution in [0, 0.1) is 5.41 Å². The van der Waals surface area contributed by atoms with E-state index in [1.54, 1.807) is 0 Å². The minimum Gasteiger partial charge on any atom is -0.229 e. The van der Waals surface area contributed by atoms with Crippen molar-refractivity contribution in [1.82, 2.24) is 0 Å². The highest BCUT2D eigenvalue weighted by Gasteiger charge is 2.93. The van der Waals surface area contributed by atoms with Crippen LogP contribution >= 0.6 is 15.9 Å². The van der Waals surface area contributed by atoms with Crippen LogP contribution in [0.5, 0.6) is 0 Å². The van der Waals surface area contributed by atoms with Gasteiger partial charge in [-0.25, -0.2) is 4.39 Å². The Kier molecular flexibility index (Phi) is 2.14. The summed E-state index contributed by atoms with van der Waals surface area (Å²) in [5.74, 6) is 0. The van der Waals surface area contributed by atoms with E-state index in [1.807, 2.05) is 36.4 Å². The molecule has 96 valence electrons. The third kappa shape index (κ3) is 1.15. The van der Waals surface area contributed by atoms with E-state index in [2.05, 4.69) is 40.2 Å². The molecular formula is C17H14BrF. The van der Waals surface area contributed by atoms with Crippen LogP contribution < -0.4 is 0 Å². The number of hydrogen-bond acceptors (Lipinski definition) is 0. The molecule has 0 bridgehead atoms. The van der Waals surface area contributed by atoms with Gasteiger partial charge in [0.25, 0.3) is 0 Å². The van der Waals surface area contributed by atoms with E-state index in [0.29, 0.717) is 0 Å². The Hall–Kier alpha value is -1.15. The second-order valence-electron chi connectivity index (χ2n) is 5.64. The predicted molar refractivity (Wildman–Crippen MR) is 78.1 cm³/mol. The number of hydrogen-bond donors (Lipinski definition) is 0. The molecule has 1 unspecified atom stereocenters. The molecule has 2 heteroatoms. The van der Waals surface area contributed by atoms with Crippen LogP contribution in [-0.4, -0.2) is 4.58 Å². The first-order valence-electron chi connectivity index (χ1n) is 6.66. The lowest BCUT2D eigenvalue weighted by Gasteiger charge is -2.19. The lowest BCUT2D eigenvalue weighted by atomic mass is 9.85. The summed E-state index contributed by atoms with van der Waals surface area (Å²) in [6.07, 6.45) is 1.91. The van der Waals surface area contributed by atoms with Crippen molar-refractivity contribution in [2.24, 2.45) is 5.41 Å². The van der Waals surface area contributed by atoms with Crippen molar-refractivity contribution >= 4 is 15.9 Å². The highest BCUT2D eigenvalue weighted by atomic mass is 79.9. The van der Waals surface area contributed by atoms with Gasteiger partial charge >= 0.3 is 0 Å². The lowest BCUT2D eigenvalue weighted by Crippen LogP contribution is -2.17. The maximum Gasteiger partial charge on any atom is 0.186 e. The minimum atomic E-state index is -1.31. The van der Waals surface area contributed by atoms with Crippen molar-refractivity contribution in [3.05, 3.63) is 71.8 Å². The molecule has 2 fully saturated rings. The third-order valence-corrected chi connectivity index (χ3v) is 6.24. The fraction of sp³-hybridized carbons (Fsp3) is 0.294. The first-order chi connectivity index (χ1) is 9.17. The molecule has 2 aliphatic carbocycles. The zero-order valence-corrected chi connectivity index (χ0v) is 12.0. The molecule has 0 nitrogen and oxygen atoms in total. The van der Waals surface area contributed by atoms with Crippen LogP contribution in [0.3, 0.4) is 0 Å². The molecule has 2 aliphatic rings. The van der Waals surface area contributed by atoms with Crippen LogP contribution in [0.4, 0.5) is 4.39 Å². The van der Waals surface area contributed by atoms with Gasteiger partial charge in [0.2, 0.25) is 0 Å². The number of halogens is 2. The van der Waals surface area contributed by atoms with Gasteiger partial charge in [0.15, 0.2) is 4.58 Å². The molecule has 0 heterocycles. The largest absolute Gasteiger partial charge is 0.229 e. The molecule has 0 radical (unpaired) electrons. The smallest absolute Gasteiger partial charge is 0.186 e. The fourth-order valence-corrected chi connectivity index (χ4v) is 5.31. The molecule has 2 aromatic rings. The molecule has 0 saturated heterocycles. The van der Waals surface area contributed by atoms with Gasteiger partial charge in [-0.2, -0.15) is 0 Å². The van der Waals surface area contributed by atoms with Crippen LogP contribution in [0.25, 0.3) is 0 Å². The van der Waals surface area contributed by atoms with E-state index in [1.165, 1.54) is 0 Å². The van der Waals surface area contributed by atoms with Crippen LogP contribution in [0.15, 0.2) is 60.7 Å². The summed E-state index contributed by atoms with van der Waals surface area (Å²) in [6, 6.07) is 20.2. The van der Waals surface area contributed by atoms with Crippen molar-refractivity contribution in [3.63, 3.8) is 0 Å². The van der Waals surface area contributed by atoms with Gasteiger partial charge in [-0.3, -0.25) is 0 Å². The molecule has 2 saturated carbocycles. The summed E-state index contributed by atoms with van der Waals surface area (Å²) >= 11 is 3.40. The molecule has 2 aromatic carbocycles. The number of benzene rings is 2. The molecule has 0 amide bonds. The van der Waals surface area contributed by atoms with E-state index in [4.69, 9.17) is 0 Å². The second kappa shape index (κ2) is 3.49. The summed E-state index contributed by atoms with van der Waals surface area (Å²) in [4.78, 5) is 0. The predicted octanol–water partition coefficient (Wildman–Crippen LogP) is 4.83. The zero-order chi connectivity index (χ0) is 13.1. The minimum absolute atomic E-state index is 0.233. The maximum atomic E-state index is 15.2. The quantitative estimate of drug-likeness (QED) is 0.696. The fourth-order valence-electron chi connectivity index (χ4n) is 3.88. The van der Waals surface area contributed by atoms with Crippen LogP contribution in [0.1, 0.15) is 24.0 Å². The van der Waals surface area contributed by atoms with Crippen LogP contribution in [-0.2, 0) is 5.41 Å². The molecule has 0 aromatic heterocycles. The van der Waals surface area contributed by atoms with E-state index < -0.39 is 9.99 Å². The van der Waals surface area contributed by atoms with Gasteiger partial charge in [0.1, 0.15) is 0 Å². The summed E-state index contributed by atoms with van der Waals surface area (Å²) in [7, 11) is 0. The lowest BCUT2D eigenvalue weighted by molar-refractivity contribution is 0.391. The first kappa shape index (κ1) is 11.7. The Morgan fingerprint density at radius 2 is 1.21 bits per heavy atom. The maximum absolute atomic E-state index is 15.2. The first-order valence-corrected chi connectivity index (χ1v) is 7.45. The molecule has 0 aliphatic heterocycles. The third-order valence-electron chi connectivity index (χ3n) is 4.89. The van der Waals surface area contributed by atoms with Crippen molar-refractivity contribution in [1.29, 1.82) is 0 Å². The van der Waals surface area contributed by atoms with E-state index in [-0.39, 0.29) is 5.41 Å². The SMILES string of the molecule is FC1(Br)C2(CC2)C1(c1ccccc1)c1ccccc1. The van der Waals surface area contributed by atoms with E-state index in [9.17, 15) is 0 Å². The molecule has 0 N–H and O–H groups in total. The Labute approximate surface area is 120 Å². The Morgan fingerprint density at radius 1 is 0.789 bits per heavy atom. The second-order valence-corrected chi connectivity index (χ2v) is 6.73. The number of rotatable bonds is 2. The summed E-state index contributed by atoms with van der Waals surface area (Å²) < 4.78 is 13.9. The van der Waals surface area contributed by atoms with Crippen LogP contribution in [0.2, 0.25) is 0 Å². The van der Waals surface area contributed by atoms with E-state index >= 15 is 4.39 Å². The average molecular weight is 317 g/mol. The molecule has 1 spiro atoms. The molecule has 1 atom stereocenters. The van der Waals surface area contributed by atoms with Crippen molar-refractivity contribution in [2.75, 3.05) is 0 Å². The zero-order valence-electron chi connectivity index (χ0n) is 10.4. The Bertz CT molecular complexity index is 569. The van der Waals surface area contributed by atoms with Gasteiger partial charge < -0.3 is 0 Å². The Balaban J connectivity index is 1.98. The molecule has 4 rings (SSSR count). The Morgan fingerprint density at radius 3 is 1.53 bits per heavy atom. The number of alkyl halides is 2. The van der Waals surface area contributed by atoms with E-state index in [0.717, 1.165) is 24.0 Å². The van der Waals surface area contributed by atoms with Gasteiger partial charge in [-0.1, -0.05) is 60.7 Å².